The van der Waals surface area contributed by atoms with Gasteiger partial charge in [0.05, 0.1) is 5.56 Å². The molecule has 0 spiro atoms. The molecule has 0 aromatic heterocycles. The molecule has 0 radical (unpaired) electrons. The summed E-state index contributed by atoms with van der Waals surface area (Å²) in [4.78, 5) is 11.2. The Morgan fingerprint density at radius 3 is 2.89 bits per heavy atom. The number of primary amides is 1. The molecular weight excluding hydrogens is 362 g/mol. The summed E-state index contributed by atoms with van der Waals surface area (Å²) in [5, 5.41) is 9.52. The minimum Gasteiger partial charge on any atom is -0.366 e. The molecule has 6 heteroatoms. The van der Waals surface area contributed by atoms with Crippen molar-refractivity contribution in [3.63, 3.8) is 0 Å². The van der Waals surface area contributed by atoms with Gasteiger partial charge in [0.1, 0.15) is 5.82 Å². The minimum atomic E-state index is -0.791. The number of carbonyl (C=O) groups excluding carboxylic acids is 1. The van der Waals surface area contributed by atoms with Crippen LogP contribution in [0.15, 0.2) is 36.6 Å². The molecule has 0 aliphatic carbocycles. The monoisotopic (exact) mass is 374 g/mol. The lowest BCUT2D eigenvalue weighted by Crippen LogP contribution is -2.13. The molecule has 0 bridgehead atoms. The maximum atomic E-state index is 13.4. The zero-order valence-corrected chi connectivity index (χ0v) is 12.3. The van der Waals surface area contributed by atoms with Crippen molar-refractivity contribution < 1.29 is 14.4 Å². The standard InChI is InChI=1S/C13H12FIN2O2/c1-8-10(3-2-6-17(19)15-8)9-4-5-12(14)11(7-9)13(16)18/h2-7,19H,1H3,(H2,16,18). The van der Waals surface area contributed by atoms with Gasteiger partial charge in [-0.1, -0.05) is 12.1 Å². The summed E-state index contributed by atoms with van der Waals surface area (Å²) in [6.45, 7) is 1.91. The number of hydrogen-bond donors (Lipinski definition) is 2. The average Bonchev–Trinajstić information content (AvgIpc) is 2.50. The fraction of sp³-hybridized carbons (Fsp3) is 0.0769. The van der Waals surface area contributed by atoms with E-state index in [2.05, 4.69) is 0 Å². The largest absolute Gasteiger partial charge is 0.366 e. The Balaban J connectivity index is 2.51. The predicted octanol–water partition coefficient (Wildman–Crippen LogP) is 2.60. The van der Waals surface area contributed by atoms with Gasteiger partial charge in [-0.25, -0.2) is 7.67 Å². The molecule has 100 valence electrons. The fourth-order valence-corrected chi connectivity index (χ4v) is 3.54. The number of nitrogens with zero attached hydrogens (tertiary/aromatic N) is 1. The lowest BCUT2D eigenvalue weighted by molar-refractivity contribution is 0.0928. The van der Waals surface area contributed by atoms with Crippen LogP contribution in [0.3, 0.4) is 0 Å². The van der Waals surface area contributed by atoms with Crippen LogP contribution in [0.1, 0.15) is 22.8 Å². The third-order valence-electron chi connectivity index (χ3n) is 2.60. The van der Waals surface area contributed by atoms with E-state index in [9.17, 15) is 14.4 Å². The van der Waals surface area contributed by atoms with Crippen LogP contribution in [0.5, 0.6) is 0 Å². The van der Waals surface area contributed by atoms with Crippen LogP contribution < -0.4 is 5.73 Å². The molecule has 0 saturated carbocycles. The molecule has 1 aliphatic heterocycles. The van der Waals surface area contributed by atoms with Gasteiger partial charge in [-0.15, -0.1) is 0 Å². The Kier molecular flexibility index (Phi) is 4.11. The van der Waals surface area contributed by atoms with Crippen molar-refractivity contribution in [1.82, 2.24) is 3.28 Å². The molecule has 19 heavy (non-hydrogen) atoms. The molecule has 0 fully saturated rings. The van der Waals surface area contributed by atoms with Crippen LogP contribution in [0.2, 0.25) is 0 Å². The first-order chi connectivity index (χ1) is 8.99. The van der Waals surface area contributed by atoms with Gasteiger partial charge >= 0.3 is 0 Å². The van der Waals surface area contributed by atoms with Crippen LogP contribution in [0.25, 0.3) is 5.57 Å². The fourth-order valence-electron chi connectivity index (χ4n) is 1.71. The predicted molar refractivity (Wildman–Crippen MR) is 80.4 cm³/mol. The molecule has 0 saturated heterocycles. The first-order valence-corrected chi connectivity index (χ1v) is 7.48. The van der Waals surface area contributed by atoms with Gasteiger partial charge in [0.25, 0.3) is 5.91 Å². The zero-order chi connectivity index (χ0) is 14.0. The molecule has 4 nitrogen and oxygen atoms in total. The van der Waals surface area contributed by atoms with E-state index in [1.807, 2.05) is 13.0 Å². The summed E-state index contributed by atoms with van der Waals surface area (Å²) in [5.74, 6) is -1.42. The van der Waals surface area contributed by atoms with E-state index in [0.29, 0.717) is 5.56 Å². The van der Waals surface area contributed by atoms with Crippen LogP contribution in [0.4, 0.5) is 4.39 Å². The summed E-state index contributed by atoms with van der Waals surface area (Å²) in [5.41, 5.74) is 6.61. The van der Waals surface area contributed by atoms with Gasteiger partial charge in [-0.2, -0.15) is 0 Å². The maximum Gasteiger partial charge on any atom is 0.251 e. The number of nitrogens with two attached hydrogens (primary N) is 1. The van der Waals surface area contributed by atoms with Gasteiger partial charge < -0.3 is 5.73 Å². The van der Waals surface area contributed by atoms with Gasteiger partial charge in [-0.05, 0) is 36.3 Å². The van der Waals surface area contributed by atoms with E-state index in [-0.39, 0.29) is 5.56 Å². The Morgan fingerprint density at radius 2 is 2.21 bits per heavy atom. The third kappa shape index (κ3) is 3.07. The highest BCUT2D eigenvalue weighted by molar-refractivity contribution is 14.2. The molecular formula is C13H12FIN2O2. The maximum absolute atomic E-state index is 13.4. The highest BCUT2D eigenvalue weighted by atomic mass is 127. The van der Waals surface area contributed by atoms with Crippen molar-refractivity contribution in [2.45, 2.75) is 6.92 Å². The smallest absolute Gasteiger partial charge is 0.251 e. The summed E-state index contributed by atoms with van der Waals surface area (Å²) < 4.78 is 15.6. The summed E-state index contributed by atoms with van der Waals surface area (Å²) >= 11 is -0.697. The van der Waals surface area contributed by atoms with Crippen LogP contribution >= 0.6 is 21.0 Å². The summed E-state index contributed by atoms with van der Waals surface area (Å²) in [6.07, 6.45) is 5.10. The van der Waals surface area contributed by atoms with Crippen molar-refractivity contribution in [2.24, 2.45) is 5.73 Å². The Morgan fingerprint density at radius 1 is 1.47 bits per heavy atom. The number of benzene rings is 1. The number of rotatable bonds is 2. The third-order valence-corrected chi connectivity index (χ3v) is 4.72. The number of halogens is 2. The van der Waals surface area contributed by atoms with Crippen molar-refractivity contribution in [1.29, 1.82) is 0 Å². The molecule has 1 aliphatic rings. The van der Waals surface area contributed by atoms with Crippen molar-refractivity contribution in [3.8, 4) is 0 Å². The highest BCUT2D eigenvalue weighted by Crippen LogP contribution is 2.26. The quantitative estimate of drug-likeness (QED) is 0.618. The van der Waals surface area contributed by atoms with E-state index < -0.39 is 32.7 Å². The van der Waals surface area contributed by atoms with Crippen molar-refractivity contribution in [3.05, 3.63) is 53.5 Å². The normalized spacial score (nSPS) is 15.2. The molecule has 2 rings (SSSR count). The number of allylic oxidation sites excluding steroid dienone is 3. The van der Waals surface area contributed by atoms with Crippen molar-refractivity contribution in [2.75, 3.05) is 0 Å². The number of hydroxylamine groups is 1. The first kappa shape index (κ1) is 13.9. The second-order valence-corrected chi connectivity index (χ2v) is 6.98. The van der Waals surface area contributed by atoms with E-state index in [1.165, 1.54) is 12.1 Å². The van der Waals surface area contributed by atoms with E-state index in [1.54, 1.807) is 18.3 Å². The van der Waals surface area contributed by atoms with E-state index in [4.69, 9.17) is 5.73 Å². The lowest BCUT2D eigenvalue weighted by Gasteiger charge is -2.09. The minimum absolute atomic E-state index is 0.126. The van der Waals surface area contributed by atoms with Crippen LogP contribution in [-0.4, -0.2) is 17.9 Å². The molecule has 0 unspecified atom stereocenters. The van der Waals surface area contributed by atoms with Crippen LogP contribution in [-0.2, 0) is 0 Å². The van der Waals surface area contributed by atoms with E-state index in [0.717, 1.165) is 12.4 Å². The van der Waals surface area contributed by atoms with Crippen LogP contribution in [0, 0.1) is 5.82 Å². The lowest BCUT2D eigenvalue weighted by atomic mass is 10.00. The molecule has 0 atom stereocenters. The average molecular weight is 374 g/mol. The second-order valence-electron chi connectivity index (χ2n) is 3.89. The number of hydrogen-bond acceptors (Lipinski definition) is 3. The van der Waals surface area contributed by atoms with Crippen molar-refractivity contribution >= 4 is 36.0 Å². The molecule has 1 aromatic carbocycles. The first-order valence-electron chi connectivity index (χ1n) is 5.44. The van der Waals surface area contributed by atoms with Gasteiger partial charge in [0, 0.05) is 30.7 Å². The van der Waals surface area contributed by atoms with Gasteiger partial charge in [0.15, 0.2) is 0 Å². The Hall–Kier alpha value is -1.54. The number of carbonyl (C=O) groups is 1. The highest BCUT2D eigenvalue weighted by Gasteiger charge is 2.13. The Bertz CT molecular complexity index is 623. The molecule has 1 heterocycles. The summed E-state index contributed by atoms with van der Waals surface area (Å²) in [7, 11) is 0. The zero-order valence-electron chi connectivity index (χ0n) is 10.1. The molecule has 1 aromatic rings. The van der Waals surface area contributed by atoms with Gasteiger partial charge in [0.2, 0.25) is 0 Å². The number of amides is 1. The Labute approximate surface area is 120 Å². The molecule has 1 amide bonds. The summed E-state index contributed by atoms with van der Waals surface area (Å²) in [6, 6.07) is 4.27. The topological polar surface area (TPSA) is 66.6 Å². The van der Waals surface area contributed by atoms with Gasteiger partial charge in [-0.3, -0.25) is 10.0 Å². The SMILES string of the molecule is CC1=IN(O)C=CC=C1c1ccc(F)c(C(N)=O)c1. The second kappa shape index (κ2) is 5.62. The molecule has 3 N–H and O–H groups in total. The van der Waals surface area contributed by atoms with E-state index >= 15 is 0 Å².